The molecule has 1 atom stereocenters. The molecule has 120 valence electrons. The molecule has 1 fully saturated rings. The maximum absolute atomic E-state index is 12.2. The summed E-state index contributed by atoms with van der Waals surface area (Å²) in [6.07, 6.45) is 0.439. The van der Waals surface area contributed by atoms with E-state index in [1.807, 2.05) is 0 Å². The minimum Gasteiger partial charge on any atom is -0.452 e. The van der Waals surface area contributed by atoms with Gasteiger partial charge < -0.3 is 9.64 Å². The second kappa shape index (κ2) is 6.91. The first-order chi connectivity index (χ1) is 10.4. The van der Waals surface area contributed by atoms with Gasteiger partial charge in [-0.1, -0.05) is 18.2 Å². The SMILES string of the molecule is CCN(C(=O)COC(=O)c1ccccc1)[C@H]1CCS(=O)(=O)C1. The molecule has 0 aliphatic carbocycles. The smallest absolute Gasteiger partial charge is 0.338 e. The molecule has 1 heterocycles. The van der Waals surface area contributed by atoms with E-state index in [1.54, 1.807) is 37.3 Å². The summed E-state index contributed by atoms with van der Waals surface area (Å²) in [7, 11) is -3.06. The molecule has 0 bridgehead atoms. The van der Waals surface area contributed by atoms with Crippen LogP contribution in [-0.2, 0) is 19.4 Å². The van der Waals surface area contributed by atoms with Gasteiger partial charge in [0.05, 0.1) is 17.1 Å². The van der Waals surface area contributed by atoms with Gasteiger partial charge in [0, 0.05) is 12.6 Å². The van der Waals surface area contributed by atoms with Crippen molar-refractivity contribution in [3.05, 3.63) is 35.9 Å². The van der Waals surface area contributed by atoms with E-state index in [4.69, 9.17) is 4.74 Å². The van der Waals surface area contributed by atoms with Crippen LogP contribution in [0.2, 0.25) is 0 Å². The largest absolute Gasteiger partial charge is 0.452 e. The van der Waals surface area contributed by atoms with Gasteiger partial charge in [-0.15, -0.1) is 0 Å². The Morgan fingerprint density at radius 3 is 2.50 bits per heavy atom. The highest BCUT2D eigenvalue weighted by molar-refractivity contribution is 7.91. The lowest BCUT2D eigenvalue weighted by Gasteiger charge is -2.26. The number of hydrogen-bond acceptors (Lipinski definition) is 5. The number of ether oxygens (including phenoxy) is 1. The van der Waals surface area contributed by atoms with Gasteiger partial charge in [-0.25, -0.2) is 13.2 Å². The number of benzene rings is 1. The quantitative estimate of drug-likeness (QED) is 0.751. The normalized spacial score (nSPS) is 19.6. The lowest BCUT2D eigenvalue weighted by atomic mass is 10.2. The first-order valence-corrected chi connectivity index (χ1v) is 8.97. The first kappa shape index (κ1) is 16.5. The molecule has 1 aromatic carbocycles. The summed E-state index contributed by atoms with van der Waals surface area (Å²) in [5.74, 6) is -0.845. The monoisotopic (exact) mass is 325 g/mol. The van der Waals surface area contributed by atoms with Crippen molar-refractivity contribution >= 4 is 21.7 Å². The fourth-order valence-corrected chi connectivity index (χ4v) is 4.26. The molecule has 0 spiro atoms. The molecule has 2 rings (SSSR count). The van der Waals surface area contributed by atoms with Crippen LogP contribution in [0.1, 0.15) is 23.7 Å². The van der Waals surface area contributed by atoms with Crippen molar-refractivity contribution in [2.24, 2.45) is 0 Å². The van der Waals surface area contributed by atoms with Gasteiger partial charge in [-0.2, -0.15) is 0 Å². The predicted molar refractivity (Wildman–Crippen MR) is 81.2 cm³/mol. The molecule has 0 aromatic heterocycles. The second-order valence-corrected chi connectivity index (χ2v) is 7.41. The van der Waals surface area contributed by atoms with E-state index >= 15 is 0 Å². The highest BCUT2D eigenvalue weighted by Gasteiger charge is 2.34. The maximum Gasteiger partial charge on any atom is 0.338 e. The third kappa shape index (κ3) is 4.07. The summed E-state index contributed by atoms with van der Waals surface area (Å²) < 4.78 is 28.0. The van der Waals surface area contributed by atoms with Crippen LogP contribution in [0.15, 0.2) is 30.3 Å². The lowest BCUT2D eigenvalue weighted by Crippen LogP contribution is -2.43. The van der Waals surface area contributed by atoms with E-state index in [-0.39, 0.29) is 30.1 Å². The average Bonchev–Trinajstić information content (AvgIpc) is 2.86. The van der Waals surface area contributed by atoms with Crippen molar-refractivity contribution in [1.29, 1.82) is 0 Å². The van der Waals surface area contributed by atoms with Crippen LogP contribution >= 0.6 is 0 Å². The van der Waals surface area contributed by atoms with Gasteiger partial charge in [-0.05, 0) is 25.5 Å². The third-order valence-corrected chi connectivity index (χ3v) is 5.40. The minimum atomic E-state index is -3.06. The van der Waals surface area contributed by atoms with Crippen LogP contribution in [0, 0.1) is 0 Å². The van der Waals surface area contributed by atoms with Crippen LogP contribution in [0.25, 0.3) is 0 Å². The van der Waals surface area contributed by atoms with Gasteiger partial charge in [0.25, 0.3) is 5.91 Å². The number of nitrogens with zero attached hydrogens (tertiary/aromatic N) is 1. The topological polar surface area (TPSA) is 80.8 Å². The first-order valence-electron chi connectivity index (χ1n) is 7.15. The molecule has 0 radical (unpaired) electrons. The second-order valence-electron chi connectivity index (χ2n) is 5.18. The Labute approximate surface area is 130 Å². The molecule has 22 heavy (non-hydrogen) atoms. The maximum atomic E-state index is 12.2. The van der Waals surface area contributed by atoms with Crippen molar-refractivity contribution in [2.75, 3.05) is 24.7 Å². The molecule has 0 unspecified atom stereocenters. The highest BCUT2D eigenvalue weighted by Crippen LogP contribution is 2.18. The van der Waals surface area contributed by atoms with Crippen molar-refractivity contribution in [1.82, 2.24) is 4.90 Å². The Bertz CT molecular complexity index is 641. The number of hydrogen-bond donors (Lipinski definition) is 0. The predicted octanol–water partition coefficient (Wildman–Crippen LogP) is 0.879. The molecule has 1 aliphatic heterocycles. The molecule has 0 saturated carbocycles. The van der Waals surface area contributed by atoms with Gasteiger partial charge in [-0.3, -0.25) is 4.79 Å². The summed E-state index contributed by atoms with van der Waals surface area (Å²) in [5, 5.41) is 0. The Morgan fingerprint density at radius 1 is 1.27 bits per heavy atom. The average molecular weight is 325 g/mol. The Balaban J connectivity index is 1.92. The Kier molecular flexibility index (Phi) is 5.18. The molecule has 1 aliphatic rings. The van der Waals surface area contributed by atoms with Gasteiger partial charge in [0.1, 0.15) is 0 Å². The summed E-state index contributed by atoms with van der Waals surface area (Å²) in [6.45, 7) is 1.79. The number of sulfone groups is 1. The summed E-state index contributed by atoms with van der Waals surface area (Å²) in [4.78, 5) is 25.4. The molecular formula is C15H19NO5S. The van der Waals surface area contributed by atoms with Crippen LogP contribution < -0.4 is 0 Å². The summed E-state index contributed by atoms with van der Waals surface area (Å²) in [5.41, 5.74) is 0.377. The fourth-order valence-electron chi connectivity index (χ4n) is 2.53. The van der Waals surface area contributed by atoms with E-state index in [0.717, 1.165) is 0 Å². The lowest BCUT2D eigenvalue weighted by molar-refractivity contribution is -0.136. The standard InChI is InChI=1S/C15H19NO5S/c1-2-16(13-8-9-22(19,20)11-13)14(17)10-21-15(18)12-6-4-3-5-7-12/h3-7,13H,2,8-11H2,1H3/t13-/m0/s1. The van der Waals surface area contributed by atoms with E-state index < -0.39 is 15.8 Å². The van der Waals surface area contributed by atoms with Crippen molar-refractivity contribution in [3.8, 4) is 0 Å². The molecule has 0 N–H and O–H groups in total. The van der Waals surface area contributed by atoms with Gasteiger partial charge >= 0.3 is 5.97 Å². The number of carbonyl (C=O) groups excluding carboxylic acids is 2. The van der Waals surface area contributed by atoms with E-state index in [2.05, 4.69) is 0 Å². The zero-order valence-electron chi connectivity index (χ0n) is 12.4. The summed E-state index contributed by atoms with van der Waals surface area (Å²) >= 11 is 0. The fraction of sp³-hybridized carbons (Fsp3) is 0.467. The van der Waals surface area contributed by atoms with Crippen LogP contribution in [0.4, 0.5) is 0 Å². The van der Waals surface area contributed by atoms with E-state index in [1.165, 1.54) is 4.90 Å². The summed E-state index contributed by atoms with van der Waals surface area (Å²) in [6, 6.07) is 8.08. The van der Waals surface area contributed by atoms with Crippen molar-refractivity contribution < 1.29 is 22.7 Å². The molecule has 7 heteroatoms. The zero-order chi connectivity index (χ0) is 16.2. The molecular weight excluding hydrogens is 306 g/mol. The van der Waals surface area contributed by atoms with E-state index in [9.17, 15) is 18.0 Å². The number of likely N-dealkylation sites (N-methyl/N-ethyl adjacent to an activating group) is 1. The van der Waals surface area contributed by atoms with Crippen molar-refractivity contribution in [2.45, 2.75) is 19.4 Å². The highest BCUT2D eigenvalue weighted by atomic mass is 32.2. The molecule has 1 amide bonds. The number of carbonyl (C=O) groups is 2. The third-order valence-electron chi connectivity index (χ3n) is 3.65. The van der Waals surface area contributed by atoms with Crippen LogP contribution in [-0.4, -0.2) is 55.9 Å². The molecule has 6 nitrogen and oxygen atoms in total. The van der Waals surface area contributed by atoms with Crippen molar-refractivity contribution in [3.63, 3.8) is 0 Å². The zero-order valence-corrected chi connectivity index (χ0v) is 13.2. The number of esters is 1. The molecule has 1 saturated heterocycles. The minimum absolute atomic E-state index is 0.0147. The van der Waals surface area contributed by atoms with Gasteiger partial charge in [0.2, 0.25) is 0 Å². The van der Waals surface area contributed by atoms with E-state index in [0.29, 0.717) is 18.5 Å². The van der Waals surface area contributed by atoms with Crippen LogP contribution in [0.3, 0.4) is 0 Å². The van der Waals surface area contributed by atoms with Gasteiger partial charge in [0.15, 0.2) is 16.4 Å². The number of amides is 1. The van der Waals surface area contributed by atoms with Crippen LogP contribution in [0.5, 0.6) is 0 Å². The Morgan fingerprint density at radius 2 is 1.95 bits per heavy atom. The number of rotatable bonds is 5. The Hall–Kier alpha value is -1.89. The molecule has 1 aromatic rings.